The van der Waals surface area contributed by atoms with Gasteiger partial charge in [-0.1, -0.05) is 32.6 Å². The molecule has 0 atom stereocenters. The topological polar surface area (TPSA) is 43.1 Å². The average molecular weight is 163 g/mol. The van der Waals surface area contributed by atoms with Crippen molar-refractivity contribution in [2.45, 2.75) is 45.4 Å². The number of carbonyl (C=O) groups is 1. The predicted octanol–water partition coefficient (Wildman–Crippen LogP) is 1.98. The molecule has 0 bridgehead atoms. The average Bonchev–Trinajstić information content (AvgIpc) is 1.87. The van der Waals surface area contributed by atoms with Crippen LogP contribution in [0.5, 0.6) is 0 Å². The van der Waals surface area contributed by atoms with Crippen LogP contribution in [-0.4, -0.2) is 5.91 Å². The van der Waals surface area contributed by atoms with Crippen molar-refractivity contribution in [3.63, 3.8) is 0 Å². The van der Waals surface area contributed by atoms with E-state index < -0.39 is 0 Å². The third-order valence-electron chi connectivity index (χ3n) is 1.53. The minimum Gasteiger partial charge on any atom is -0.370 e. The van der Waals surface area contributed by atoms with Gasteiger partial charge in [0.25, 0.3) is 0 Å². The Labute approximate surface area is 67.5 Å². The zero-order valence-electron chi connectivity index (χ0n) is 7.14. The van der Waals surface area contributed by atoms with Crippen LogP contribution in [0.25, 0.3) is 0 Å². The van der Waals surface area contributed by atoms with Crippen molar-refractivity contribution in [3.05, 3.63) is 0 Å². The summed E-state index contributed by atoms with van der Waals surface area (Å²) in [7, 11) is 0. The Hall–Kier alpha value is -0.600. The summed E-state index contributed by atoms with van der Waals surface area (Å²) in [6, 6.07) is 0. The van der Waals surface area contributed by atoms with Crippen molar-refractivity contribution in [2.75, 3.05) is 0 Å². The maximum absolute atomic E-state index is 10.3. The highest BCUT2D eigenvalue weighted by molar-refractivity contribution is 5.73. The largest absolute Gasteiger partial charge is 0.370 e. The van der Waals surface area contributed by atoms with E-state index in [9.17, 15) is 4.79 Å². The second kappa shape index (κ2) is 9.40. The van der Waals surface area contributed by atoms with Gasteiger partial charge in [0.05, 0.1) is 0 Å². The van der Waals surface area contributed by atoms with E-state index in [0.29, 0.717) is 6.42 Å². The summed E-state index contributed by atoms with van der Waals surface area (Å²) in [5.41, 5.74) is 4.97. The van der Waals surface area contributed by atoms with Crippen molar-refractivity contribution < 1.29 is 9.50 Å². The Kier molecular flexibility index (Phi) is 11.1. The molecule has 0 rings (SSSR count). The summed E-state index contributed by atoms with van der Waals surface area (Å²) in [5, 5.41) is 0. The fraction of sp³-hybridized carbons (Fsp3) is 0.875. The lowest BCUT2D eigenvalue weighted by Crippen LogP contribution is -2.09. The summed E-state index contributed by atoms with van der Waals surface area (Å²) < 4.78 is 0. The van der Waals surface area contributed by atoms with Gasteiger partial charge in [0.1, 0.15) is 0 Å². The minimum absolute atomic E-state index is 0. The molecule has 2 nitrogen and oxygen atoms in total. The molecule has 0 aliphatic heterocycles. The van der Waals surface area contributed by atoms with E-state index in [1.54, 1.807) is 0 Å². The maximum Gasteiger partial charge on any atom is 0.217 e. The Morgan fingerprint density at radius 2 is 1.73 bits per heavy atom. The fourth-order valence-corrected chi connectivity index (χ4v) is 0.903. The van der Waals surface area contributed by atoms with Crippen molar-refractivity contribution >= 4 is 5.91 Å². The van der Waals surface area contributed by atoms with Gasteiger partial charge in [-0.2, -0.15) is 0 Å². The van der Waals surface area contributed by atoms with Crippen LogP contribution < -0.4 is 5.73 Å². The highest BCUT2D eigenvalue weighted by Gasteiger charge is 1.92. The summed E-state index contributed by atoms with van der Waals surface area (Å²) >= 11 is 0. The summed E-state index contributed by atoms with van der Waals surface area (Å²) in [6.45, 7) is 2.17. The number of primary amides is 1. The van der Waals surface area contributed by atoms with Gasteiger partial charge in [0.2, 0.25) is 5.91 Å². The van der Waals surface area contributed by atoms with Crippen molar-refractivity contribution in [1.82, 2.24) is 0 Å². The van der Waals surface area contributed by atoms with Gasteiger partial charge in [-0.25, -0.2) is 0 Å². The molecule has 11 heavy (non-hydrogen) atoms. The Morgan fingerprint density at radius 3 is 2.18 bits per heavy atom. The molecule has 2 N–H and O–H groups in total. The van der Waals surface area contributed by atoms with E-state index in [2.05, 4.69) is 6.92 Å². The molecule has 68 valence electrons. The lowest BCUT2D eigenvalue weighted by atomic mass is 10.1. The molecular weight excluding hydrogens is 145 g/mol. The summed E-state index contributed by atoms with van der Waals surface area (Å²) in [4.78, 5) is 10.3. The molecule has 0 aliphatic rings. The smallest absolute Gasteiger partial charge is 0.217 e. The molecule has 1 amide bonds. The number of hydrogen-bond acceptors (Lipinski definition) is 1. The highest BCUT2D eigenvalue weighted by atomic mass is 19.0. The van der Waals surface area contributed by atoms with Crippen LogP contribution in [0.3, 0.4) is 0 Å². The third-order valence-corrected chi connectivity index (χ3v) is 1.53. The lowest BCUT2D eigenvalue weighted by Gasteiger charge is -1.95. The van der Waals surface area contributed by atoms with E-state index in [4.69, 9.17) is 5.73 Å². The first-order valence-corrected chi connectivity index (χ1v) is 4.05. The number of halogens is 1. The van der Waals surface area contributed by atoms with Gasteiger partial charge < -0.3 is 5.73 Å². The summed E-state index contributed by atoms with van der Waals surface area (Å²) in [5.74, 6) is -0.170. The maximum atomic E-state index is 10.3. The van der Waals surface area contributed by atoms with E-state index >= 15 is 0 Å². The molecule has 0 radical (unpaired) electrons. The Bertz CT molecular complexity index is 96.1. The Balaban J connectivity index is 0. The van der Waals surface area contributed by atoms with E-state index in [-0.39, 0.29) is 10.6 Å². The normalized spacial score (nSPS) is 8.82. The van der Waals surface area contributed by atoms with Crippen molar-refractivity contribution in [2.24, 2.45) is 5.73 Å². The molecule has 0 spiro atoms. The molecule has 3 heteroatoms. The highest BCUT2D eigenvalue weighted by Crippen LogP contribution is 2.03. The first kappa shape index (κ1) is 13.0. The number of rotatable bonds is 6. The number of hydrogen-bond donors (Lipinski definition) is 1. The lowest BCUT2D eigenvalue weighted by molar-refractivity contribution is -0.118. The van der Waals surface area contributed by atoms with Crippen LogP contribution in [-0.2, 0) is 4.79 Å². The Morgan fingerprint density at radius 1 is 1.18 bits per heavy atom. The van der Waals surface area contributed by atoms with Gasteiger partial charge in [0, 0.05) is 6.42 Å². The van der Waals surface area contributed by atoms with Crippen LogP contribution in [0.1, 0.15) is 45.4 Å². The monoisotopic (exact) mass is 163 g/mol. The zero-order chi connectivity index (χ0) is 7.82. The van der Waals surface area contributed by atoms with Crippen LogP contribution in [0, 0.1) is 0 Å². The quantitative estimate of drug-likeness (QED) is 0.598. The fourth-order valence-electron chi connectivity index (χ4n) is 0.903. The first-order valence-electron chi connectivity index (χ1n) is 4.05. The molecule has 0 heterocycles. The molecule has 0 fully saturated rings. The standard InChI is InChI=1S/C8H17NO.FH/c1-2-3-4-5-6-7-8(9)10;/h2-7H2,1H3,(H2,9,10);1H. The van der Waals surface area contributed by atoms with Crippen molar-refractivity contribution in [3.8, 4) is 0 Å². The molecule has 0 aromatic rings. The molecule has 0 saturated heterocycles. The van der Waals surface area contributed by atoms with Gasteiger partial charge >= 0.3 is 0 Å². The zero-order valence-corrected chi connectivity index (χ0v) is 7.14. The third kappa shape index (κ3) is 12.6. The second-order valence-corrected chi connectivity index (χ2v) is 2.63. The SMILES string of the molecule is CCCCCCCC(N)=O.F. The molecule has 0 unspecified atom stereocenters. The minimum atomic E-state index is -0.170. The van der Waals surface area contributed by atoms with Gasteiger partial charge in [-0.05, 0) is 6.42 Å². The van der Waals surface area contributed by atoms with Gasteiger partial charge in [-0.15, -0.1) is 0 Å². The van der Waals surface area contributed by atoms with E-state index in [0.717, 1.165) is 12.8 Å². The van der Waals surface area contributed by atoms with E-state index in [1.807, 2.05) is 0 Å². The van der Waals surface area contributed by atoms with Gasteiger partial charge in [-0.3, -0.25) is 9.50 Å². The van der Waals surface area contributed by atoms with Crippen LogP contribution in [0.2, 0.25) is 0 Å². The molecule has 0 aliphatic carbocycles. The number of amides is 1. The number of unbranched alkanes of at least 4 members (excludes halogenated alkanes) is 4. The predicted molar refractivity (Wildman–Crippen MR) is 45.1 cm³/mol. The molecule has 0 aromatic heterocycles. The first-order chi connectivity index (χ1) is 4.77. The van der Waals surface area contributed by atoms with Crippen LogP contribution in [0.4, 0.5) is 4.70 Å². The van der Waals surface area contributed by atoms with Gasteiger partial charge in [0.15, 0.2) is 0 Å². The summed E-state index contributed by atoms with van der Waals surface area (Å²) in [6.07, 6.45) is 6.44. The number of carbonyl (C=O) groups excluding carboxylic acids is 1. The van der Waals surface area contributed by atoms with Crippen LogP contribution >= 0.6 is 0 Å². The van der Waals surface area contributed by atoms with Crippen LogP contribution in [0.15, 0.2) is 0 Å². The second-order valence-electron chi connectivity index (χ2n) is 2.63. The molecular formula is C8H18FNO. The number of nitrogens with two attached hydrogens (primary N) is 1. The molecule has 0 saturated carbocycles. The van der Waals surface area contributed by atoms with Crippen molar-refractivity contribution in [1.29, 1.82) is 0 Å². The molecule has 0 aromatic carbocycles. The van der Waals surface area contributed by atoms with E-state index in [1.165, 1.54) is 19.3 Å².